The van der Waals surface area contributed by atoms with Crippen LogP contribution >= 0.6 is 0 Å². The third kappa shape index (κ3) is 3.78. The van der Waals surface area contributed by atoms with Crippen molar-refractivity contribution in [3.8, 4) is 11.1 Å². The maximum absolute atomic E-state index is 13.5. The molecule has 166 valence electrons. The highest BCUT2D eigenvalue weighted by molar-refractivity contribution is 6.11. The highest BCUT2D eigenvalue weighted by atomic mass is 16.2. The maximum Gasteiger partial charge on any atom is 0.325 e. The van der Waals surface area contributed by atoms with Crippen LogP contribution in [0.1, 0.15) is 30.4 Å². The van der Waals surface area contributed by atoms with Crippen molar-refractivity contribution in [3.05, 3.63) is 90.0 Å². The van der Waals surface area contributed by atoms with Gasteiger partial charge in [-0.05, 0) is 48.4 Å². The number of nitrogens with one attached hydrogen (secondary N) is 2. The SMILES string of the molecule is O=C(CN1C(=O)N[C@@]2(CCCCc3ccccc32)C1=O)Nc1ccccc1-c1ccccc1. The number of hydrogen-bond acceptors (Lipinski definition) is 3. The minimum absolute atomic E-state index is 0.336. The summed E-state index contributed by atoms with van der Waals surface area (Å²) in [6.07, 6.45) is 3.19. The van der Waals surface area contributed by atoms with E-state index in [1.54, 1.807) is 0 Å². The Morgan fingerprint density at radius 3 is 2.48 bits per heavy atom. The zero-order valence-electron chi connectivity index (χ0n) is 18.2. The molecule has 0 radical (unpaired) electrons. The van der Waals surface area contributed by atoms with Gasteiger partial charge >= 0.3 is 6.03 Å². The smallest absolute Gasteiger partial charge is 0.324 e. The van der Waals surface area contributed by atoms with Crippen LogP contribution in [0.2, 0.25) is 0 Å². The lowest BCUT2D eigenvalue weighted by atomic mass is 9.84. The highest BCUT2D eigenvalue weighted by Crippen LogP contribution is 2.39. The molecule has 4 amide bonds. The second-order valence-electron chi connectivity index (χ2n) is 8.55. The van der Waals surface area contributed by atoms with Crippen molar-refractivity contribution in [1.29, 1.82) is 0 Å². The number of imide groups is 1. The van der Waals surface area contributed by atoms with Crippen LogP contribution in [-0.2, 0) is 21.5 Å². The van der Waals surface area contributed by atoms with E-state index >= 15 is 0 Å². The second-order valence-corrected chi connectivity index (χ2v) is 8.55. The quantitative estimate of drug-likeness (QED) is 0.589. The summed E-state index contributed by atoms with van der Waals surface area (Å²) in [5, 5.41) is 5.82. The van der Waals surface area contributed by atoms with Crippen molar-refractivity contribution in [2.24, 2.45) is 0 Å². The Morgan fingerprint density at radius 1 is 0.909 bits per heavy atom. The molecule has 1 fully saturated rings. The van der Waals surface area contributed by atoms with E-state index in [2.05, 4.69) is 10.6 Å². The Labute approximate surface area is 192 Å². The van der Waals surface area contributed by atoms with E-state index in [9.17, 15) is 14.4 Å². The fraction of sp³-hybridized carbons (Fsp3) is 0.222. The average Bonchev–Trinajstić information content (AvgIpc) is 2.97. The van der Waals surface area contributed by atoms with Crippen molar-refractivity contribution >= 4 is 23.5 Å². The molecular weight excluding hydrogens is 414 g/mol. The molecule has 33 heavy (non-hydrogen) atoms. The van der Waals surface area contributed by atoms with Crippen LogP contribution < -0.4 is 10.6 Å². The summed E-state index contributed by atoms with van der Waals surface area (Å²) in [7, 11) is 0. The number of carbonyl (C=O) groups is 3. The third-order valence-electron chi connectivity index (χ3n) is 6.49. The first-order valence-corrected chi connectivity index (χ1v) is 11.3. The normalized spacial score (nSPS) is 19.7. The minimum Gasteiger partial charge on any atom is -0.324 e. The van der Waals surface area contributed by atoms with Crippen LogP contribution in [-0.4, -0.2) is 29.3 Å². The number of para-hydroxylation sites is 1. The molecule has 1 heterocycles. The van der Waals surface area contributed by atoms with Gasteiger partial charge in [0.15, 0.2) is 0 Å². The van der Waals surface area contributed by atoms with E-state index in [0.29, 0.717) is 12.1 Å². The van der Waals surface area contributed by atoms with Gasteiger partial charge in [0, 0.05) is 11.3 Å². The molecule has 1 spiro atoms. The Bertz CT molecular complexity index is 1220. The Hall–Kier alpha value is -3.93. The van der Waals surface area contributed by atoms with Gasteiger partial charge in [0.1, 0.15) is 12.1 Å². The summed E-state index contributed by atoms with van der Waals surface area (Å²) in [5.74, 6) is -0.769. The topological polar surface area (TPSA) is 78.5 Å². The van der Waals surface area contributed by atoms with E-state index in [4.69, 9.17) is 0 Å². The molecule has 1 aliphatic heterocycles. The Balaban J connectivity index is 1.38. The lowest BCUT2D eigenvalue weighted by molar-refractivity contribution is -0.134. The standard InChI is InChI=1S/C27H25N3O3/c31-24(28-23-16-7-5-14-21(23)19-10-2-1-3-11-19)18-30-25(32)27(29-26(30)33)17-9-8-13-20-12-4-6-15-22(20)27/h1-7,10-12,14-16H,8-9,13,17-18H2,(H,28,31)(H,29,33)/t27-/m1/s1. The number of hydrogen-bond donors (Lipinski definition) is 2. The summed E-state index contributed by atoms with van der Waals surface area (Å²) in [6.45, 7) is -0.336. The van der Waals surface area contributed by atoms with Gasteiger partial charge in [-0.3, -0.25) is 14.5 Å². The minimum atomic E-state index is -1.09. The monoisotopic (exact) mass is 439 g/mol. The molecule has 6 nitrogen and oxygen atoms in total. The van der Waals surface area contributed by atoms with Gasteiger partial charge in [0.2, 0.25) is 5.91 Å². The van der Waals surface area contributed by atoms with E-state index in [1.807, 2.05) is 78.9 Å². The number of amides is 4. The van der Waals surface area contributed by atoms with Crippen LogP contribution in [0.4, 0.5) is 10.5 Å². The summed E-state index contributed by atoms with van der Waals surface area (Å²) >= 11 is 0. The number of benzene rings is 3. The lowest BCUT2D eigenvalue weighted by Crippen LogP contribution is -2.44. The van der Waals surface area contributed by atoms with Crippen molar-refractivity contribution < 1.29 is 14.4 Å². The van der Waals surface area contributed by atoms with Crippen LogP contribution in [0.15, 0.2) is 78.9 Å². The summed E-state index contributed by atoms with van der Waals surface area (Å²) in [4.78, 5) is 40.4. The first-order chi connectivity index (χ1) is 16.1. The molecule has 5 rings (SSSR count). The molecule has 1 atom stereocenters. The maximum atomic E-state index is 13.5. The first kappa shape index (κ1) is 20.9. The second kappa shape index (κ2) is 8.54. The largest absolute Gasteiger partial charge is 0.325 e. The summed E-state index contributed by atoms with van der Waals surface area (Å²) in [6, 6.07) is 24.5. The first-order valence-electron chi connectivity index (χ1n) is 11.3. The fourth-order valence-electron chi connectivity index (χ4n) is 4.91. The number of fused-ring (bicyclic) bond motifs is 2. The average molecular weight is 440 g/mol. The molecule has 2 aliphatic rings. The number of carbonyl (C=O) groups excluding carboxylic acids is 3. The molecule has 6 heteroatoms. The van der Waals surface area contributed by atoms with Gasteiger partial charge in [-0.15, -0.1) is 0 Å². The van der Waals surface area contributed by atoms with E-state index in [1.165, 1.54) is 0 Å². The number of anilines is 1. The predicted molar refractivity (Wildman–Crippen MR) is 126 cm³/mol. The zero-order chi connectivity index (χ0) is 22.8. The van der Waals surface area contributed by atoms with E-state index in [-0.39, 0.29) is 12.5 Å². The molecule has 0 aromatic heterocycles. The molecule has 2 N–H and O–H groups in total. The molecule has 0 saturated carbocycles. The highest BCUT2D eigenvalue weighted by Gasteiger charge is 2.53. The van der Waals surface area contributed by atoms with Gasteiger partial charge in [-0.2, -0.15) is 0 Å². The van der Waals surface area contributed by atoms with Gasteiger partial charge in [-0.1, -0.05) is 72.8 Å². The van der Waals surface area contributed by atoms with Crippen molar-refractivity contribution in [3.63, 3.8) is 0 Å². The molecule has 0 unspecified atom stereocenters. The van der Waals surface area contributed by atoms with Crippen LogP contribution in [0, 0.1) is 0 Å². The van der Waals surface area contributed by atoms with Gasteiger partial charge in [0.05, 0.1) is 0 Å². The van der Waals surface area contributed by atoms with Crippen molar-refractivity contribution in [2.75, 3.05) is 11.9 Å². The zero-order valence-corrected chi connectivity index (χ0v) is 18.2. The van der Waals surface area contributed by atoms with E-state index in [0.717, 1.165) is 46.4 Å². The van der Waals surface area contributed by atoms with Crippen LogP contribution in [0.5, 0.6) is 0 Å². The van der Waals surface area contributed by atoms with Gasteiger partial charge < -0.3 is 10.6 Å². The van der Waals surface area contributed by atoms with Crippen LogP contribution in [0.25, 0.3) is 11.1 Å². The van der Waals surface area contributed by atoms with Crippen LogP contribution in [0.3, 0.4) is 0 Å². The molecule has 1 aliphatic carbocycles. The number of urea groups is 1. The molecule has 3 aromatic carbocycles. The molecule has 1 saturated heterocycles. The van der Waals surface area contributed by atoms with Gasteiger partial charge in [-0.25, -0.2) is 4.79 Å². The third-order valence-corrected chi connectivity index (χ3v) is 6.49. The molecule has 0 bridgehead atoms. The van der Waals surface area contributed by atoms with Gasteiger partial charge in [0.25, 0.3) is 5.91 Å². The van der Waals surface area contributed by atoms with Crippen molar-refractivity contribution in [2.45, 2.75) is 31.2 Å². The fourth-order valence-corrected chi connectivity index (χ4v) is 4.91. The number of rotatable bonds is 4. The van der Waals surface area contributed by atoms with E-state index < -0.39 is 17.5 Å². The lowest BCUT2D eigenvalue weighted by Gasteiger charge is -2.27. The van der Waals surface area contributed by atoms with Crippen molar-refractivity contribution in [1.82, 2.24) is 10.2 Å². The Kier molecular flexibility index (Phi) is 5.42. The predicted octanol–water partition coefficient (Wildman–Crippen LogP) is 4.47. The molecular formula is C27H25N3O3. The Morgan fingerprint density at radius 2 is 1.64 bits per heavy atom. The number of aryl methyl sites for hydroxylation is 1. The number of nitrogens with zero attached hydrogens (tertiary/aromatic N) is 1. The molecule has 3 aromatic rings. The summed E-state index contributed by atoms with van der Waals surface area (Å²) in [5.41, 5.74) is 3.31. The summed E-state index contributed by atoms with van der Waals surface area (Å²) < 4.78 is 0.